The van der Waals surface area contributed by atoms with Crippen molar-refractivity contribution in [3.8, 4) is 11.5 Å². The average Bonchev–Trinajstić information content (AvgIpc) is 3.54. The maximum atomic E-state index is 11.9. The summed E-state index contributed by atoms with van der Waals surface area (Å²) in [5.74, 6) is -1.18. The van der Waals surface area contributed by atoms with Gasteiger partial charge in [0, 0.05) is 0 Å². The van der Waals surface area contributed by atoms with E-state index in [0.717, 1.165) is 21.5 Å². The number of methoxy groups -OCH3 is 2. The van der Waals surface area contributed by atoms with Crippen molar-refractivity contribution in [1.29, 1.82) is 0 Å². The molecule has 242 valence electrons. The zero-order chi connectivity index (χ0) is 32.6. The van der Waals surface area contributed by atoms with E-state index in [1.807, 2.05) is 76.2 Å². The van der Waals surface area contributed by atoms with E-state index in [0.29, 0.717) is 22.6 Å². The van der Waals surface area contributed by atoms with Crippen LogP contribution in [0.3, 0.4) is 0 Å². The molecule has 0 bridgehead atoms. The Morgan fingerprint density at radius 1 is 0.565 bits per heavy atom. The fraction of sp³-hybridized carbons (Fsp3) is 0.389. The van der Waals surface area contributed by atoms with Crippen molar-refractivity contribution in [3.05, 3.63) is 83.9 Å². The van der Waals surface area contributed by atoms with Crippen LogP contribution >= 0.6 is 0 Å². The minimum Gasteiger partial charge on any atom is -0.491 e. The lowest BCUT2D eigenvalue weighted by Gasteiger charge is -2.26. The van der Waals surface area contributed by atoms with E-state index in [2.05, 4.69) is 0 Å². The van der Waals surface area contributed by atoms with Crippen molar-refractivity contribution in [2.75, 3.05) is 27.4 Å². The number of benzene rings is 4. The van der Waals surface area contributed by atoms with E-state index in [4.69, 9.17) is 37.9 Å². The van der Waals surface area contributed by atoms with Gasteiger partial charge >= 0.3 is 11.9 Å². The van der Waals surface area contributed by atoms with Gasteiger partial charge in [-0.05, 0) is 97.8 Å². The first-order valence-corrected chi connectivity index (χ1v) is 15.1. The SMILES string of the molecule is COC(=O)c1ccc2cc(OC[C@@H]3OC(C)(C)O[C@H]3[C@H]3OC(C)(C)O[C@@H]3COc3ccc4cc(C(=O)OC)ccc4c3)ccc2c1. The highest BCUT2D eigenvalue weighted by Gasteiger charge is 2.54. The van der Waals surface area contributed by atoms with Gasteiger partial charge in [-0.25, -0.2) is 9.59 Å². The number of ether oxygens (including phenoxy) is 8. The Bertz CT molecular complexity index is 1630. The highest BCUT2D eigenvalue weighted by Crippen LogP contribution is 2.39. The van der Waals surface area contributed by atoms with Crippen LogP contribution in [0, 0.1) is 0 Å². The van der Waals surface area contributed by atoms with Crippen LogP contribution < -0.4 is 9.47 Å². The summed E-state index contributed by atoms with van der Waals surface area (Å²) in [6.07, 6.45) is -1.91. The summed E-state index contributed by atoms with van der Waals surface area (Å²) in [7, 11) is 2.73. The lowest BCUT2D eigenvalue weighted by atomic mass is 10.0. The quantitative estimate of drug-likeness (QED) is 0.202. The fourth-order valence-corrected chi connectivity index (χ4v) is 6.01. The van der Waals surface area contributed by atoms with Gasteiger partial charge in [-0.1, -0.05) is 24.3 Å². The van der Waals surface area contributed by atoms with Gasteiger partial charge in [0.15, 0.2) is 11.6 Å². The molecule has 2 heterocycles. The summed E-state index contributed by atoms with van der Waals surface area (Å²) < 4.78 is 47.4. The van der Waals surface area contributed by atoms with Crippen LogP contribution in [0.4, 0.5) is 0 Å². The summed E-state index contributed by atoms with van der Waals surface area (Å²) in [4.78, 5) is 23.8. The molecule has 0 aliphatic carbocycles. The molecule has 0 aromatic heterocycles. The van der Waals surface area contributed by atoms with Crippen molar-refractivity contribution >= 4 is 33.5 Å². The van der Waals surface area contributed by atoms with Crippen LogP contribution in [0.25, 0.3) is 21.5 Å². The molecule has 4 aromatic carbocycles. The van der Waals surface area contributed by atoms with Crippen molar-refractivity contribution < 1.29 is 47.5 Å². The van der Waals surface area contributed by atoms with Crippen molar-refractivity contribution in [2.24, 2.45) is 0 Å². The molecular formula is C36H38O10. The minimum absolute atomic E-state index is 0.214. The van der Waals surface area contributed by atoms with Gasteiger partial charge in [-0.3, -0.25) is 0 Å². The second-order valence-corrected chi connectivity index (χ2v) is 12.3. The lowest BCUT2D eigenvalue weighted by Crippen LogP contribution is -2.45. The van der Waals surface area contributed by atoms with E-state index in [-0.39, 0.29) is 25.2 Å². The van der Waals surface area contributed by atoms with Gasteiger partial charge < -0.3 is 37.9 Å². The molecule has 10 heteroatoms. The third kappa shape index (κ3) is 6.80. The fourth-order valence-electron chi connectivity index (χ4n) is 6.01. The maximum Gasteiger partial charge on any atom is 0.337 e. The first-order chi connectivity index (χ1) is 21.9. The van der Waals surface area contributed by atoms with Crippen LogP contribution in [0.2, 0.25) is 0 Å². The summed E-state index contributed by atoms with van der Waals surface area (Å²) in [6, 6.07) is 22.1. The van der Waals surface area contributed by atoms with Gasteiger partial charge in [0.2, 0.25) is 0 Å². The molecule has 0 saturated carbocycles. The van der Waals surface area contributed by atoms with E-state index >= 15 is 0 Å². The number of fused-ring (bicyclic) bond motifs is 2. The standard InChI is InChI=1S/C36H38O10/c1-35(2)43-29(19-41-27-13-11-21-15-25(33(37)39-5)9-7-23(21)17-27)31(45-35)32-30(44-36(3,4)46-32)20-42-28-14-12-22-16-26(34(38)40-6)10-8-24(22)18-28/h7-18,29-32H,19-20H2,1-6H3/t29-,30+,31+,32-. The third-order valence-electron chi connectivity index (χ3n) is 8.06. The Hall–Kier alpha value is -4.22. The Labute approximate surface area is 267 Å². The van der Waals surface area contributed by atoms with Crippen molar-refractivity contribution in [3.63, 3.8) is 0 Å². The summed E-state index contributed by atoms with van der Waals surface area (Å²) in [6.45, 7) is 7.88. The van der Waals surface area contributed by atoms with E-state index in [1.165, 1.54) is 14.2 Å². The van der Waals surface area contributed by atoms with Gasteiger partial charge in [0.05, 0.1) is 25.3 Å². The number of rotatable bonds is 9. The van der Waals surface area contributed by atoms with Crippen molar-refractivity contribution in [2.45, 2.75) is 63.7 Å². The Morgan fingerprint density at radius 3 is 1.33 bits per heavy atom. The van der Waals surface area contributed by atoms with Crippen LogP contribution in [-0.4, -0.2) is 75.4 Å². The first kappa shape index (κ1) is 31.7. The predicted octanol–water partition coefficient (Wildman–Crippen LogP) is 6.06. The molecule has 2 aliphatic heterocycles. The molecule has 0 amide bonds. The number of hydrogen-bond acceptors (Lipinski definition) is 10. The monoisotopic (exact) mass is 630 g/mol. The van der Waals surface area contributed by atoms with E-state index < -0.39 is 36.0 Å². The topological polar surface area (TPSA) is 108 Å². The number of esters is 2. The molecule has 6 rings (SSSR count). The second kappa shape index (κ2) is 12.5. The number of hydrogen-bond donors (Lipinski definition) is 0. The highest BCUT2D eigenvalue weighted by atomic mass is 16.8. The number of carbonyl (C=O) groups excluding carboxylic acids is 2. The Morgan fingerprint density at radius 2 is 0.935 bits per heavy atom. The summed E-state index contributed by atoms with van der Waals surface area (Å²) in [5.41, 5.74) is 0.973. The smallest absolute Gasteiger partial charge is 0.337 e. The predicted molar refractivity (Wildman–Crippen MR) is 169 cm³/mol. The molecule has 2 fully saturated rings. The van der Waals surface area contributed by atoms with Crippen LogP contribution in [-0.2, 0) is 28.4 Å². The summed E-state index contributed by atoms with van der Waals surface area (Å²) in [5, 5.41) is 3.65. The highest BCUT2D eigenvalue weighted by molar-refractivity contribution is 5.96. The van der Waals surface area contributed by atoms with E-state index in [9.17, 15) is 9.59 Å². The molecular weight excluding hydrogens is 592 g/mol. The number of carbonyl (C=O) groups is 2. The average molecular weight is 631 g/mol. The largest absolute Gasteiger partial charge is 0.491 e. The molecule has 4 atom stereocenters. The van der Waals surface area contributed by atoms with E-state index in [1.54, 1.807) is 24.3 Å². The van der Waals surface area contributed by atoms with Gasteiger partial charge in [0.1, 0.15) is 49.1 Å². The van der Waals surface area contributed by atoms with Crippen molar-refractivity contribution in [1.82, 2.24) is 0 Å². The molecule has 4 aromatic rings. The first-order valence-electron chi connectivity index (χ1n) is 15.1. The Balaban J connectivity index is 1.15. The molecule has 2 aliphatic rings. The molecule has 10 nitrogen and oxygen atoms in total. The zero-order valence-corrected chi connectivity index (χ0v) is 26.7. The molecule has 46 heavy (non-hydrogen) atoms. The van der Waals surface area contributed by atoms with Gasteiger partial charge in [0.25, 0.3) is 0 Å². The second-order valence-electron chi connectivity index (χ2n) is 12.3. The maximum absolute atomic E-state index is 11.9. The normalized spacial score (nSPS) is 23.3. The van der Waals surface area contributed by atoms with Crippen LogP contribution in [0.15, 0.2) is 72.8 Å². The minimum atomic E-state index is -0.866. The molecule has 0 radical (unpaired) electrons. The molecule has 2 saturated heterocycles. The van der Waals surface area contributed by atoms with Gasteiger partial charge in [-0.2, -0.15) is 0 Å². The van der Waals surface area contributed by atoms with Crippen LogP contribution in [0.5, 0.6) is 11.5 Å². The van der Waals surface area contributed by atoms with Gasteiger partial charge in [-0.15, -0.1) is 0 Å². The molecule has 0 spiro atoms. The molecule has 0 N–H and O–H groups in total. The summed E-state index contributed by atoms with van der Waals surface area (Å²) >= 11 is 0. The third-order valence-corrected chi connectivity index (χ3v) is 8.06. The molecule has 0 unspecified atom stereocenters. The zero-order valence-electron chi connectivity index (χ0n) is 26.7. The van der Waals surface area contributed by atoms with Crippen LogP contribution in [0.1, 0.15) is 48.4 Å². The lowest BCUT2D eigenvalue weighted by molar-refractivity contribution is -0.175. The Kier molecular flexibility index (Phi) is 8.64.